The predicted molar refractivity (Wildman–Crippen MR) is 47.3 cm³/mol. The van der Waals surface area contributed by atoms with E-state index in [1.165, 1.54) is 6.42 Å². The molecule has 3 aliphatic rings. The summed E-state index contributed by atoms with van der Waals surface area (Å²) in [7, 11) is 0. The lowest BCUT2D eigenvalue weighted by atomic mass is 9.49. The fraction of sp³-hybridized carbons (Fsp3) is 0.700. The number of rotatable bonds is 1. The molecule has 0 saturated heterocycles. The third-order valence-electron chi connectivity index (χ3n) is 3.75. The van der Waals surface area contributed by atoms with Gasteiger partial charge in [0.15, 0.2) is 0 Å². The van der Waals surface area contributed by atoms with E-state index in [4.69, 9.17) is 5.73 Å². The summed E-state index contributed by atoms with van der Waals surface area (Å²) >= 11 is 0. The molecule has 1 amide bonds. The fourth-order valence-corrected chi connectivity index (χ4v) is 2.63. The van der Waals surface area contributed by atoms with Crippen molar-refractivity contribution in [1.82, 2.24) is 0 Å². The van der Waals surface area contributed by atoms with Crippen LogP contribution in [-0.4, -0.2) is 5.91 Å². The minimum absolute atomic E-state index is 0.216. The van der Waals surface area contributed by atoms with E-state index >= 15 is 0 Å². The number of hydrogen-bond donors (Lipinski definition) is 1. The van der Waals surface area contributed by atoms with E-state index in [0.717, 1.165) is 17.9 Å². The largest absolute Gasteiger partial charge is 0.366 e. The van der Waals surface area contributed by atoms with Crippen molar-refractivity contribution in [2.24, 2.45) is 23.0 Å². The van der Waals surface area contributed by atoms with Crippen LogP contribution in [-0.2, 0) is 4.79 Å². The molecule has 2 heteroatoms. The third kappa shape index (κ3) is 0.780. The van der Waals surface area contributed by atoms with Crippen LogP contribution < -0.4 is 5.73 Å². The first-order valence-corrected chi connectivity index (χ1v) is 4.53. The summed E-state index contributed by atoms with van der Waals surface area (Å²) < 4.78 is 0. The van der Waals surface area contributed by atoms with Gasteiger partial charge in [-0.05, 0) is 30.1 Å². The minimum Gasteiger partial charge on any atom is -0.366 e. The number of primary amides is 1. The molecule has 2 bridgehead atoms. The molecule has 3 aliphatic carbocycles. The Bertz CT molecular complexity index is 265. The van der Waals surface area contributed by atoms with E-state index in [1.807, 2.05) is 6.08 Å². The lowest BCUT2D eigenvalue weighted by Gasteiger charge is -2.55. The van der Waals surface area contributed by atoms with E-state index in [-0.39, 0.29) is 5.91 Å². The Kier molecular flexibility index (Phi) is 1.39. The van der Waals surface area contributed by atoms with E-state index in [2.05, 4.69) is 13.8 Å². The normalized spacial score (nSPS) is 36.7. The summed E-state index contributed by atoms with van der Waals surface area (Å²) in [6, 6.07) is 0. The van der Waals surface area contributed by atoms with Crippen LogP contribution in [0.15, 0.2) is 11.6 Å². The number of carbonyl (C=O) groups excluding carboxylic acids is 1. The molecule has 1 fully saturated rings. The number of carbonyl (C=O) groups is 1. The Morgan fingerprint density at radius 3 is 2.67 bits per heavy atom. The predicted octanol–water partition coefficient (Wildman–Crippen LogP) is 1.46. The third-order valence-corrected chi connectivity index (χ3v) is 3.75. The molecule has 2 N–H and O–H groups in total. The first-order chi connectivity index (χ1) is 5.53. The number of fused-ring (bicyclic) bond motifs is 1. The van der Waals surface area contributed by atoms with Crippen molar-refractivity contribution in [2.75, 3.05) is 0 Å². The zero-order valence-corrected chi connectivity index (χ0v) is 7.63. The van der Waals surface area contributed by atoms with Gasteiger partial charge in [-0.15, -0.1) is 0 Å². The average molecular weight is 165 g/mol. The highest BCUT2D eigenvalue weighted by molar-refractivity contribution is 5.93. The second kappa shape index (κ2) is 2.12. The van der Waals surface area contributed by atoms with Gasteiger partial charge in [0.1, 0.15) is 0 Å². The van der Waals surface area contributed by atoms with Crippen molar-refractivity contribution in [3.8, 4) is 0 Å². The number of hydrogen-bond acceptors (Lipinski definition) is 1. The van der Waals surface area contributed by atoms with Crippen LogP contribution in [0.4, 0.5) is 0 Å². The first kappa shape index (κ1) is 7.84. The molecule has 2 atom stereocenters. The summed E-state index contributed by atoms with van der Waals surface area (Å²) in [6.07, 6.45) is 4.25. The van der Waals surface area contributed by atoms with E-state index in [1.54, 1.807) is 0 Å². The van der Waals surface area contributed by atoms with Gasteiger partial charge < -0.3 is 5.73 Å². The molecule has 0 aromatic heterocycles. The molecule has 0 heterocycles. The lowest BCUT2D eigenvalue weighted by Crippen LogP contribution is -2.50. The van der Waals surface area contributed by atoms with Gasteiger partial charge in [-0.25, -0.2) is 0 Å². The van der Waals surface area contributed by atoms with Crippen LogP contribution >= 0.6 is 0 Å². The Hall–Kier alpha value is -0.790. The molecule has 0 radical (unpaired) electrons. The van der Waals surface area contributed by atoms with Gasteiger partial charge in [-0.1, -0.05) is 19.9 Å². The molecular formula is C10H15NO. The summed E-state index contributed by atoms with van der Waals surface area (Å²) in [5.74, 6) is 1.01. The van der Waals surface area contributed by atoms with E-state index < -0.39 is 0 Å². The number of nitrogens with two attached hydrogens (primary N) is 1. The van der Waals surface area contributed by atoms with Crippen molar-refractivity contribution in [2.45, 2.75) is 26.7 Å². The number of allylic oxidation sites excluding steroid dienone is 1. The van der Waals surface area contributed by atoms with Crippen LogP contribution in [0, 0.1) is 17.3 Å². The summed E-state index contributed by atoms with van der Waals surface area (Å²) in [4.78, 5) is 11.0. The zero-order valence-electron chi connectivity index (χ0n) is 7.63. The van der Waals surface area contributed by atoms with Crippen LogP contribution in [0.3, 0.4) is 0 Å². The van der Waals surface area contributed by atoms with Crippen molar-refractivity contribution >= 4 is 5.91 Å². The molecule has 0 aromatic carbocycles. The summed E-state index contributed by atoms with van der Waals surface area (Å²) in [5, 5.41) is 0. The van der Waals surface area contributed by atoms with Crippen molar-refractivity contribution in [1.29, 1.82) is 0 Å². The topological polar surface area (TPSA) is 43.1 Å². The molecule has 0 aromatic rings. The summed E-state index contributed by atoms with van der Waals surface area (Å²) in [5.41, 5.74) is 6.49. The first-order valence-electron chi connectivity index (χ1n) is 4.53. The average Bonchev–Trinajstić information content (AvgIpc) is 2.04. The monoisotopic (exact) mass is 165 g/mol. The SMILES string of the molecule is CC1(C)C2CC=C(C(N)=O)C1C2. The van der Waals surface area contributed by atoms with Crippen LogP contribution in [0.5, 0.6) is 0 Å². The highest BCUT2D eigenvalue weighted by Crippen LogP contribution is 2.58. The highest BCUT2D eigenvalue weighted by Gasteiger charge is 2.52. The van der Waals surface area contributed by atoms with Crippen LogP contribution in [0.25, 0.3) is 0 Å². The van der Waals surface area contributed by atoms with Gasteiger partial charge >= 0.3 is 0 Å². The minimum atomic E-state index is -0.216. The highest BCUT2D eigenvalue weighted by atomic mass is 16.1. The van der Waals surface area contributed by atoms with E-state index in [9.17, 15) is 4.79 Å². The van der Waals surface area contributed by atoms with Crippen LogP contribution in [0.2, 0.25) is 0 Å². The Labute approximate surface area is 72.8 Å². The Morgan fingerprint density at radius 2 is 2.33 bits per heavy atom. The van der Waals surface area contributed by atoms with Crippen LogP contribution in [0.1, 0.15) is 26.7 Å². The maximum Gasteiger partial charge on any atom is 0.244 e. The lowest BCUT2D eigenvalue weighted by molar-refractivity contribution is -0.118. The van der Waals surface area contributed by atoms with Crippen molar-refractivity contribution in [3.05, 3.63) is 11.6 Å². The maximum absolute atomic E-state index is 11.0. The molecule has 12 heavy (non-hydrogen) atoms. The fourth-order valence-electron chi connectivity index (χ4n) is 2.63. The zero-order chi connectivity index (χ0) is 8.93. The van der Waals surface area contributed by atoms with Crippen molar-refractivity contribution in [3.63, 3.8) is 0 Å². The van der Waals surface area contributed by atoms with Gasteiger partial charge in [-0.2, -0.15) is 0 Å². The molecule has 3 rings (SSSR count). The molecular weight excluding hydrogens is 150 g/mol. The second-order valence-corrected chi connectivity index (χ2v) is 4.57. The second-order valence-electron chi connectivity index (χ2n) is 4.57. The van der Waals surface area contributed by atoms with Gasteiger partial charge in [0.05, 0.1) is 0 Å². The molecule has 0 spiro atoms. The molecule has 2 nitrogen and oxygen atoms in total. The standard InChI is InChI=1S/C10H15NO/c1-10(2)6-3-4-7(9(11)12)8(10)5-6/h4,6,8H,3,5H2,1-2H3,(H2,11,12). The number of amides is 1. The molecule has 0 aliphatic heterocycles. The summed E-state index contributed by atoms with van der Waals surface area (Å²) in [6.45, 7) is 4.48. The Balaban J connectivity index is 2.30. The smallest absolute Gasteiger partial charge is 0.244 e. The van der Waals surface area contributed by atoms with Crippen molar-refractivity contribution < 1.29 is 4.79 Å². The quantitative estimate of drug-likeness (QED) is 0.628. The van der Waals surface area contributed by atoms with Gasteiger partial charge in [-0.3, -0.25) is 4.79 Å². The molecule has 2 unspecified atom stereocenters. The molecule has 1 saturated carbocycles. The van der Waals surface area contributed by atoms with Gasteiger partial charge in [0, 0.05) is 5.57 Å². The van der Waals surface area contributed by atoms with Gasteiger partial charge in [0.25, 0.3) is 0 Å². The van der Waals surface area contributed by atoms with E-state index in [0.29, 0.717) is 11.3 Å². The molecule has 66 valence electrons. The maximum atomic E-state index is 11.0. The van der Waals surface area contributed by atoms with Gasteiger partial charge in [0.2, 0.25) is 5.91 Å². The Morgan fingerprint density at radius 1 is 1.67 bits per heavy atom.